The van der Waals surface area contributed by atoms with Crippen LogP contribution in [0.4, 0.5) is 0 Å². The molecule has 0 aliphatic carbocycles. The summed E-state index contributed by atoms with van der Waals surface area (Å²) in [5, 5.41) is 11.0. The van der Waals surface area contributed by atoms with Gasteiger partial charge in [-0.2, -0.15) is 5.10 Å². The Bertz CT molecular complexity index is 905. The van der Waals surface area contributed by atoms with Crippen molar-refractivity contribution in [1.29, 1.82) is 0 Å². The number of hydrogen-bond donors (Lipinski definition) is 2. The molecule has 1 saturated heterocycles. The molecule has 2 aromatic carbocycles. The number of carbonyl (C=O) groups excluding carboxylic acids is 1. The van der Waals surface area contributed by atoms with Crippen molar-refractivity contribution in [3.63, 3.8) is 0 Å². The van der Waals surface area contributed by atoms with Gasteiger partial charge in [0.05, 0.1) is 12.1 Å². The van der Waals surface area contributed by atoms with Crippen molar-refractivity contribution in [3.05, 3.63) is 84.2 Å². The molecule has 3 aromatic rings. The summed E-state index contributed by atoms with van der Waals surface area (Å²) >= 11 is 0. The molecule has 1 fully saturated rings. The molecular formula is C23H26N4O2. The van der Waals surface area contributed by atoms with Gasteiger partial charge in [0.25, 0.3) is 5.91 Å². The van der Waals surface area contributed by atoms with Crippen molar-refractivity contribution in [2.75, 3.05) is 19.7 Å². The Morgan fingerprint density at radius 2 is 1.90 bits per heavy atom. The maximum atomic E-state index is 12.9. The van der Waals surface area contributed by atoms with E-state index < -0.39 is 0 Å². The molecule has 2 N–H and O–H groups in total. The monoisotopic (exact) mass is 390 g/mol. The number of amides is 1. The van der Waals surface area contributed by atoms with Crippen LogP contribution in [0.2, 0.25) is 0 Å². The molecule has 0 spiro atoms. The highest BCUT2D eigenvalue weighted by Crippen LogP contribution is 2.18. The van der Waals surface area contributed by atoms with Crippen LogP contribution in [0.5, 0.6) is 5.75 Å². The number of aromatic nitrogens is 2. The number of carbonyl (C=O) groups is 1. The van der Waals surface area contributed by atoms with Crippen LogP contribution >= 0.6 is 0 Å². The minimum Gasteiger partial charge on any atom is -0.491 e. The fourth-order valence-corrected chi connectivity index (χ4v) is 3.56. The van der Waals surface area contributed by atoms with Crippen LogP contribution in [-0.4, -0.2) is 35.4 Å². The highest BCUT2D eigenvalue weighted by molar-refractivity contribution is 5.92. The van der Waals surface area contributed by atoms with E-state index in [1.165, 1.54) is 0 Å². The minimum atomic E-state index is -0.273. The zero-order valence-electron chi connectivity index (χ0n) is 16.3. The summed E-state index contributed by atoms with van der Waals surface area (Å²) in [5.41, 5.74) is 1.42. The first kappa shape index (κ1) is 19.2. The lowest BCUT2D eigenvalue weighted by atomic mass is 10.1. The SMILES string of the molecule is O=C(NC(COc1ccccc1)c1ccccc1)c1ccn(C2CCCNC2)n1. The average Bonchev–Trinajstić information content (AvgIpc) is 3.29. The predicted molar refractivity (Wildman–Crippen MR) is 112 cm³/mol. The number of benzene rings is 2. The van der Waals surface area contributed by atoms with E-state index in [1.54, 1.807) is 6.07 Å². The first-order chi connectivity index (χ1) is 14.3. The van der Waals surface area contributed by atoms with Crippen molar-refractivity contribution >= 4 is 5.91 Å². The maximum absolute atomic E-state index is 12.9. The molecule has 1 aliphatic heterocycles. The van der Waals surface area contributed by atoms with Crippen molar-refractivity contribution in [3.8, 4) is 5.75 Å². The Labute approximate surface area is 170 Å². The second kappa shape index (κ2) is 9.39. The van der Waals surface area contributed by atoms with E-state index in [9.17, 15) is 4.79 Å². The van der Waals surface area contributed by atoms with Gasteiger partial charge >= 0.3 is 0 Å². The fourth-order valence-electron chi connectivity index (χ4n) is 3.56. The van der Waals surface area contributed by atoms with E-state index in [4.69, 9.17) is 4.74 Å². The van der Waals surface area contributed by atoms with E-state index in [0.29, 0.717) is 18.3 Å². The minimum absolute atomic E-state index is 0.196. The second-order valence-corrected chi connectivity index (χ2v) is 7.24. The summed E-state index contributed by atoms with van der Waals surface area (Å²) < 4.78 is 7.81. The summed E-state index contributed by atoms with van der Waals surface area (Å²) in [6.45, 7) is 2.28. The molecule has 0 bridgehead atoms. The van der Waals surface area contributed by atoms with E-state index in [-0.39, 0.29) is 11.9 Å². The zero-order valence-corrected chi connectivity index (χ0v) is 16.3. The van der Waals surface area contributed by atoms with Crippen molar-refractivity contribution < 1.29 is 9.53 Å². The van der Waals surface area contributed by atoms with Crippen LogP contribution in [0.15, 0.2) is 72.9 Å². The third kappa shape index (κ3) is 5.03. The quantitative estimate of drug-likeness (QED) is 0.649. The molecule has 29 heavy (non-hydrogen) atoms. The fraction of sp³-hybridized carbons (Fsp3) is 0.304. The van der Waals surface area contributed by atoms with E-state index in [1.807, 2.05) is 71.5 Å². The molecule has 6 nitrogen and oxygen atoms in total. The first-order valence-electron chi connectivity index (χ1n) is 10.1. The van der Waals surface area contributed by atoms with Crippen molar-refractivity contribution in [2.45, 2.75) is 24.9 Å². The van der Waals surface area contributed by atoms with Crippen LogP contribution in [0.3, 0.4) is 0 Å². The third-order valence-corrected chi connectivity index (χ3v) is 5.15. The topological polar surface area (TPSA) is 68.2 Å². The molecule has 2 atom stereocenters. The predicted octanol–water partition coefficient (Wildman–Crippen LogP) is 3.36. The lowest BCUT2D eigenvalue weighted by Gasteiger charge is -2.23. The standard InChI is InChI=1S/C23H26N4O2/c28-23(21-13-15-27(26-21)19-10-7-14-24-16-19)25-22(18-8-3-1-4-9-18)17-29-20-11-5-2-6-12-20/h1-6,8-9,11-13,15,19,22,24H,7,10,14,16-17H2,(H,25,28). The Balaban J connectivity index is 1.45. The molecule has 6 heteroatoms. The summed E-state index contributed by atoms with van der Waals surface area (Å²) in [6.07, 6.45) is 4.09. The van der Waals surface area contributed by atoms with Gasteiger partial charge in [-0.15, -0.1) is 0 Å². The second-order valence-electron chi connectivity index (χ2n) is 7.24. The summed E-state index contributed by atoms with van der Waals surface area (Å²) in [5.74, 6) is 0.579. The number of nitrogens with one attached hydrogen (secondary N) is 2. The zero-order chi connectivity index (χ0) is 19.9. The highest BCUT2D eigenvalue weighted by Gasteiger charge is 2.21. The molecule has 1 aromatic heterocycles. The smallest absolute Gasteiger partial charge is 0.272 e. The van der Waals surface area contributed by atoms with Gasteiger partial charge in [-0.1, -0.05) is 48.5 Å². The van der Waals surface area contributed by atoms with E-state index in [2.05, 4.69) is 15.7 Å². The van der Waals surface area contributed by atoms with Crippen LogP contribution in [0.25, 0.3) is 0 Å². The molecule has 150 valence electrons. The number of ether oxygens (including phenoxy) is 1. The summed E-state index contributed by atoms with van der Waals surface area (Å²) in [4.78, 5) is 12.9. The number of nitrogens with zero attached hydrogens (tertiary/aromatic N) is 2. The van der Waals surface area contributed by atoms with Gasteiger partial charge in [0.1, 0.15) is 18.1 Å². The van der Waals surface area contributed by atoms with Crippen LogP contribution in [-0.2, 0) is 0 Å². The largest absolute Gasteiger partial charge is 0.491 e. The summed E-state index contributed by atoms with van der Waals surface area (Å²) in [7, 11) is 0. The van der Waals surface area contributed by atoms with Gasteiger partial charge < -0.3 is 15.4 Å². The molecule has 0 saturated carbocycles. The number of rotatable bonds is 7. The summed E-state index contributed by atoms with van der Waals surface area (Å²) in [6, 6.07) is 21.3. The van der Waals surface area contributed by atoms with Crippen molar-refractivity contribution in [2.24, 2.45) is 0 Å². The normalized spacial score (nSPS) is 17.4. The van der Waals surface area contributed by atoms with Gasteiger partial charge in [0.2, 0.25) is 0 Å². The van der Waals surface area contributed by atoms with Gasteiger partial charge in [-0.05, 0) is 43.1 Å². The van der Waals surface area contributed by atoms with Crippen LogP contribution < -0.4 is 15.4 Å². The Kier molecular flexibility index (Phi) is 6.22. The van der Waals surface area contributed by atoms with Gasteiger partial charge in [0, 0.05) is 12.7 Å². The number of piperidine rings is 1. The van der Waals surface area contributed by atoms with Crippen molar-refractivity contribution in [1.82, 2.24) is 20.4 Å². The maximum Gasteiger partial charge on any atom is 0.272 e. The number of para-hydroxylation sites is 1. The van der Waals surface area contributed by atoms with Gasteiger partial charge in [0.15, 0.2) is 0 Å². The molecule has 4 rings (SSSR count). The van der Waals surface area contributed by atoms with Gasteiger partial charge in [-0.25, -0.2) is 0 Å². The van der Waals surface area contributed by atoms with Gasteiger partial charge in [-0.3, -0.25) is 9.48 Å². The molecular weight excluding hydrogens is 364 g/mol. The highest BCUT2D eigenvalue weighted by atomic mass is 16.5. The van der Waals surface area contributed by atoms with E-state index in [0.717, 1.165) is 37.2 Å². The van der Waals surface area contributed by atoms with E-state index >= 15 is 0 Å². The average molecular weight is 390 g/mol. The molecule has 0 radical (unpaired) electrons. The molecule has 2 unspecified atom stereocenters. The number of hydrogen-bond acceptors (Lipinski definition) is 4. The Hall–Kier alpha value is -3.12. The Morgan fingerprint density at radius 1 is 1.14 bits per heavy atom. The molecule has 1 amide bonds. The third-order valence-electron chi connectivity index (χ3n) is 5.15. The molecule has 1 aliphatic rings. The molecule has 2 heterocycles. The lowest BCUT2D eigenvalue weighted by molar-refractivity contribution is 0.0914. The first-order valence-corrected chi connectivity index (χ1v) is 10.1. The van der Waals surface area contributed by atoms with Crippen LogP contribution in [0, 0.1) is 0 Å². The lowest BCUT2D eigenvalue weighted by Crippen LogP contribution is -2.34. The Morgan fingerprint density at radius 3 is 2.62 bits per heavy atom. The van der Waals surface area contributed by atoms with Crippen LogP contribution in [0.1, 0.15) is 41.0 Å².